The van der Waals surface area contributed by atoms with Crippen LogP contribution in [0.15, 0.2) is 22.7 Å². The number of hydrogen-bond donors (Lipinski definition) is 0. The van der Waals surface area contributed by atoms with Crippen molar-refractivity contribution in [2.24, 2.45) is 0 Å². The summed E-state index contributed by atoms with van der Waals surface area (Å²) < 4.78 is 6.77. The van der Waals surface area contributed by atoms with Gasteiger partial charge in [-0.2, -0.15) is 0 Å². The zero-order valence-electron chi connectivity index (χ0n) is 9.61. The fourth-order valence-corrected chi connectivity index (χ4v) is 2.64. The van der Waals surface area contributed by atoms with Crippen LogP contribution in [0.5, 0.6) is 0 Å². The van der Waals surface area contributed by atoms with E-state index >= 15 is 0 Å². The van der Waals surface area contributed by atoms with Crippen LogP contribution in [-0.4, -0.2) is 16.6 Å². The normalized spacial score (nSPS) is 20.0. The van der Waals surface area contributed by atoms with E-state index in [0.717, 1.165) is 46.3 Å². The minimum Gasteiger partial charge on any atom is -0.372 e. The zero-order valence-corrected chi connectivity index (χ0v) is 11.2. The van der Waals surface area contributed by atoms with Crippen molar-refractivity contribution >= 4 is 26.8 Å². The van der Waals surface area contributed by atoms with Gasteiger partial charge in [-0.1, -0.05) is 15.9 Å². The van der Waals surface area contributed by atoms with Crippen LogP contribution in [-0.2, 0) is 4.74 Å². The molecule has 0 bridgehead atoms. The number of hydrogen-bond acceptors (Lipinski definition) is 3. The van der Waals surface area contributed by atoms with E-state index in [-0.39, 0.29) is 6.10 Å². The summed E-state index contributed by atoms with van der Waals surface area (Å²) in [5.74, 6) is 0.807. The van der Waals surface area contributed by atoms with E-state index in [9.17, 15) is 0 Å². The molecule has 1 aromatic heterocycles. The van der Waals surface area contributed by atoms with E-state index in [0.29, 0.717) is 0 Å². The maximum absolute atomic E-state index is 5.73. The molecule has 1 aliphatic heterocycles. The molecule has 2 heterocycles. The average molecular weight is 293 g/mol. The van der Waals surface area contributed by atoms with Crippen molar-refractivity contribution < 1.29 is 4.74 Å². The molecule has 1 fully saturated rings. The van der Waals surface area contributed by atoms with E-state index in [1.54, 1.807) is 0 Å². The van der Waals surface area contributed by atoms with Gasteiger partial charge in [0.05, 0.1) is 11.2 Å². The number of halogens is 1. The first-order valence-electron chi connectivity index (χ1n) is 5.79. The van der Waals surface area contributed by atoms with Crippen LogP contribution in [0.4, 0.5) is 0 Å². The number of nitrogens with zero attached hydrogens (tertiary/aromatic N) is 2. The second-order valence-electron chi connectivity index (χ2n) is 4.32. The van der Waals surface area contributed by atoms with Gasteiger partial charge < -0.3 is 4.74 Å². The Morgan fingerprint density at radius 2 is 2.24 bits per heavy atom. The van der Waals surface area contributed by atoms with Crippen molar-refractivity contribution in [3.8, 4) is 0 Å². The third-order valence-corrected chi connectivity index (χ3v) is 3.53. The van der Waals surface area contributed by atoms with E-state index in [1.807, 2.05) is 19.1 Å². The van der Waals surface area contributed by atoms with Gasteiger partial charge >= 0.3 is 0 Å². The van der Waals surface area contributed by atoms with E-state index in [2.05, 4.69) is 32.0 Å². The summed E-state index contributed by atoms with van der Waals surface area (Å²) in [5, 5.41) is 1.10. The predicted molar refractivity (Wildman–Crippen MR) is 69.9 cm³/mol. The molecule has 0 aliphatic carbocycles. The molecule has 3 rings (SSSR count). The first-order valence-corrected chi connectivity index (χ1v) is 6.59. The standard InChI is InChI=1S/C13H13BrN2O/c1-8-15-11-7-9(14)4-5-10(11)13(16-8)12-3-2-6-17-12/h4-5,7,12H,2-3,6H2,1H3. The van der Waals surface area contributed by atoms with Crippen molar-refractivity contribution in [3.63, 3.8) is 0 Å². The SMILES string of the molecule is Cc1nc(C2CCCO2)c2ccc(Br)cc2n1. The minimum absolute atomic E-state index is 0.139. The van der Waals surface area contributed by atoms with Crippen LogP contribution in [0.3, 0.4) is 0 Å². The van der Waals surface area contributed by atoms with Crippen molar-refractivity contribution in [1.29, 1.82) is 0 Å². The lowest BCUT2D eigenvalue weighted by Crippen LogP contribution is -2.03. The predicted octanol–water partition coefficient (Wildman–Crippen LogP) is 3.55. The Balaban J connectivity index is 2.21. The second kappa shape index (κ2) is 4.35. The van der Waals surface area contributed by atoms with E-state index in [4.69, 9.17) is 4.74 Å². The quantitative estimate of drug-likeness (QED) is 0.806. The van der Waals surface area contributed by atoms with Crippen molar-refractivity contribution in [3.05, 3.63) is 34.2 Å². The van der Waals surface area contributed by atoms with Crippen LogP contribution < -0.4 is 0 Å². The van der Waals surface area contributed by atoms with Gasteiger partial charge in [-0.05, 0) is 38.0 Å². The molecule has 0 radical (unpaired) electrons. The summed E-state index contributed by atoms with van der Waals surface area (Å²) in [4.78, 5) is 9.03. The Morgan fingerprint density at radius 1 is 1.35 bits per heavy atom. The summed E-state index contributed by atoms with van der Waals surface area (Å²) in [7, 11) is 0. The minimum atomic E-state index is 0.139. The smallest absolute Gasteiger partial charge is 0.126 e. The highest BCUT2D eigenvalue weighted by molar-refractivity contribution is 9.10. The van der Waals surface area contributed by atoms with Gasteiger partial charge in [0.2, 0.25) is 0 Å². The van der Waals surface area contributed by atoms with Crippen LogP contribution in [0, 0.1) is 6.92 Å². The maximum Gasteiger partial charge on any atom is 0.126 e. The Morgan fingerprint density at radius 3 is 3.00 bits per heavy atom. The van der Waals surface area contributed by atoms with Gasteiger partial charge in [0.25, 0.3) is 0 Å². The van der Waals surface area contributed by atoms with E-state index in [1.165, 1.54) is 0 Å². The lowest BCUT2D eigenvalue weighted by atomic mass is 10.1. The maximum atomic E-state index is 5.73. The van der Waals surface area contributed by atoms with Gasteiger partial charge in [0.15, 0.2) is 0 Å². The zero-order chi connectivity index (χ0) is 11.8. The third-order valence-electron chi connectivity index (χ3n) is 3.03. The van der Waals surface area contributed by atoms with E-state index < -0.39 is 0 Å². The number of fused-ring (bicyclic) bond motifs is 1. The number of ether oxygens (including phenoxy) is 1. The van der Waals surface area contributed by atoms with Crippen molar-refractivity contribution in [2.75, 3.05) is 6.61 Å². The Hall–Kier alpha value is -1.00. The Labute approximate surface area is 108 Å². The third kappa shape index (κ3) is 2.07. The molecule has 2 aromatic rings. The Bertz CT molecular complexity index is 559. The van der Waals surface area contributed by atoms with Gasteiger partial charge in [0, 0.05) is 16.5 Å². The molecular weight excluding hydrogens is 280 g/mol. The highest BCUT2D eigenvalue weighted by Gasteiger charge is 2.22. The summed E-state index contributed by atoms with van der Waals surface area (Å²) in [6, 6.07) is 6.12. The fourth-order valence-electron chi connectivity index (χ4n) is 2.29. The van der Waals surface area contributed by atoms with Gasteiger partial charge in [-0.3, -0.25) is 0 Å². The highest BCUT2D eigenvalue weighted by Crippen LogP contribution is 2.32. The van der Waals surface area contributed by atoms with Crippen LogP contribution >= 0.6 is 15.9 Å². The van der Waals surface area contributed by atoms with Crippen LogP contribution in [0.25, 0.3) is 10.9 Å². The molecule has 0 amide bonds. The summed E-state index contributed by atoms with van der Waals surface area (Å²) in [6.07, 6.45) is 2.31. The number of aryl methyl sites for hydroxylation is 1. The molecule has 0 N–H and O–H groups in total. The lowest BCUT2D eigenvalue weighted by molar-refractivity contribution is 0.109. The summed E-state index contributed by atoms with van der Waals surface area (Å²) in [5.41, 5.74) is 2.02. The fraction of sp³-hybridized carbons (Fsp3) is 0.385. The molecular formula is C13H13BrN2O. The second-order valence-corrected chi connectivity index (χ2v) is 5.23. The van der Waals surface area contributed by atoms with Crippen molar-refractivity contribution in [2.45, 2.75) is 25.9 Å². The van der Waals surface area contributed by atoms with Gasteiger partial charge in [-0.15, -0.1) is 0 Å². The molecule has 0 saturated carbocycles. The molecule has 4 heteroatoms. The molecule has 3 nitrogen and oxygen atoms in total. The highest BCUT2D eigenvalue weighted by atomic mass is 79.9. The van der Waals surface area contributed by atoms with Gasteiger partial charge in [0.1, 0.15) is 11.9 Å². The Kier molecular flexibility index (Phi) is 2.84. The molecule has 1 aliphatic rings. The van der Waals surface area contributed by atoms with Crippen LogP contribution in [0.2, 0.25) is 0 Å². The monoisotopic (exact) mass is 292 g/mol. The average Bonchev–Trinajstić information content (AvgIpc) is 2.80. The first-order chi connectivity index (χ1) is 8.24. The summed E-state index contributed by atoms with van der Waals surface area (Å²) in [6.45, 7) is 2.77. The molecule has 1 unspecified atom stereocenters. The molecule has 0 spiro atoms. The molecule has 1 atom stereocenters. The molecule has 88 valence electrons. The topological polar surface area (TPSA) is 35.0 Å². The largest absolute Gasteiger partial charge is 0.372 e. The number of aromatic nitrogens is 2. The molecule has 17 heavy (non-hydrogen) atoms. The lowest BCUT2D eigenvalue weighted by Gasteiger charge is -2.12. The van der Waals surface area contributed by atoms with Crippen molar-refractivity contribution in [1.82, 2.24) is 9.97 Å². The van der Waals surface area contributed by atoms with Crippen LogP contribution in [0.1, 0.15) is 30.5 Å². The summed E-state index contributed by atoms with van der Waals surface area (Å²) >= 11 is 3.47. The number of benzene rings is 1. The van der Waals surface area contributed by atoms with Gasteiger partial charge in [-0.25, -0.2) is 9.97 Å². The molecule has 1 aromatic carbocycles. The first kappa shape index (κ1) is 11.1. The molecule has 1 saturated heterocycles. The number of rotatable bonds is 1.